The number of methoxy groups -OCH3 is 1. The van der Waals surface area contributed by atoms with Gasteiger partial charge >= 0.3 is 0 Å². The van der Waals surface area contributed by atoms with E-state index in [1.807, 2.05) is 31.2 Å². The van der Waals surface area contributed by atoms with Crippen molar-refractivity contribution in [2.75, 3.05) is 13.7 Å². The second kappa shape index (κ2) is 4.53. The lowest BCUT2D eigenvalue weighted by Gasteiger charge is -2.29. The van der Waals surface area contributed by atoms with Crippen molar-refractivity contribution in [3.8, 4) is 5.75 Å². The second-order valence-corrected chi connectivity index (χ2v) is 4.02. The number of hydrogen-bond acceptors (Lipinski definition) is 3. The van der Waals surface area contributed by atoms with Gasteiger partial charge in [0, 0.05) is 12.6 Å². The lowest BCUT2D eigenvalue weighted by atomic mass is 10.0. The number of carbonyl (C=O) groups excluding carboxylic acids is 1. The molecule has 1 aliphatic heterocycles. The lowest BCUT2D eigenvalue weighted by Crippen LogP contribution is -2.52. The first-order valence-electron chi connectivity index (χ1n) is 5.38. The Morgan fingerprint density at radius 2 is 2.25 bits per heavy atom. The molecule has 16 heavy (non-hydrogen) atoms. The van der Waals surface area contributed by atoms with Crippen molar-refractivity contribution in [1.82, 2.24) is 10.6 Å². The SMILES string of the molecule is COc1cccc(C2NC(C)CNC2=O)c1. The average molecular weight is 220 g/mol. The van der Waals surface area contributed by atoms with E-state index in [-0.39, 0.29) is 18.0 Å². The quantitative estimate of drug-likeness (QED) is 0.776. The van der Waals surface area contributed by atoms with E-state index < -0.39 is 0 Å². The van der Waals surface area contributed by atoms with Gasteiger partial charge in [-0.2, -0.15) is 0 Å². The Kier molecular flexibility index (Phi) is 3.10. The fourth-order valence-electron chi connectivity index (χ4n) is 1.84. The molecule has 2 unspecified atom stereocenters. The number of amides is 1. The normalized spacial score (nSPS) is 25.0. The largest absolute Gasteiger partial charge is 0.497 e. The summed E-state index contributed by atoms with van der Waals surface area (Å²) in [6.07, 6.45) is 0. The van der Waals surface area contributed by atoms with Gasteiger partial charge in [0.25, 0.3) is 0 Å². The minimum absolute atomic E-state index is 0.0198. The molecule has 4 heteroatoms. The van der Waals surface area contributed by atoms with Crippen LogP contribution in [0.1, 0.15) is 18.5 Å². The molecule has 1 aromatic rings. The molecule has 1 heterocycles. The van der Waals surface area contributed by atoms with Crippen molar-refractivity contribution >= 4 is 5.91 Å². The molecule has 1 saturated heterocycles. The van der Waals surface area contributed by atoms with Crippen LogP contribution in [0.15, 0.2) is 24.3 Å². The van der Waals surface area contributed by atoms with Crippen LogP contribution in [-0.2, 0) is 4.79 Å². The van der Waals surface area contributed by atoms with E-state index in [0.29, 0.717) is 6.54 Å². The second-order valence-electron chi connectivity index (χ2n) is 4.02. The molecule has 1 amide bonds. The van der Waals surface area contributed by atoms with Crippen molar-refractivity contribution in [2.45, 2.75) is 19.0 Å². The fraction of sp³-hybridized carbons (Fsp3) is 0.417. The first kappa shape index (κ1) is 11.0. The Morgan fingerprint density at radius 1 is 1.44 bits per heavy atom. The molecule has 86 valence electrons. The Bertz CT molecular complexity index is 392. The van der Waals surface area contributed by atoms with E-state index in [0.717, 1.165) is 11.3 Å². The summed E-state index contributed by atoms with van der Waals surface area (Å²) in [5, 5.41) is 6.14. The van der Waals surface area contributed by atoms with E-state index in [1.54, 1.807) is 7.11 Å². The molecule has 0 saturated carbocycles. The number of nitrogens with one attached hydrogen (secondary N) is 2. The number of hydrogen-bond donors (Lipinski definition) is 2. The first-order valence-corrected chi connectivity index (χ1v) is 5.38. The Labute approximate surface area is 95.0 Å². The van der Waals surface area contributed by atoms with Crippen LogP contribution in [0.3, 0.4) is 0 Å². The van der Waals surface area contributed by atoms with Crippen LogP contribution in [0.4, 0.5) is 0 Å². The van der Waals surface area contributed by atoms with E-state index in [4.69, 9.17) is 4.74 Å². The summed E-state index contributed by atoms with van der Waals surface area (Å²) < 4.78 is 5.15. The lowest BCUT2D eigenvalue weighted by molar-refractivity contribution is -0.125. The Morgan fingerprint density at radius 3 is 3.00 bits per heavy atom. The standard InChI is InChI=1S/C12H16N2O2/c1-8-7-13-12(15)11(14-8)9-4-3-5-10(6-9)16-2/h3-6,8,11,14H,7H2,1-2H3,(H,13,15). The van der Waals surface area contributed by atoms with Crippen molar-refractivity contribution in [3.05, 3.63) is 29.8 Å². The zero-order chi connectivity index (χ0) is 11.5. The van der Waals surface area contributed by atoms with Gasteiger partial charge in [0.2, 0.25) is 5.91 Å². The van der Waals surface area contributed by atoms with E-state index in [9.17, 15) is 4.79 Å². The highest BCUT2D eigenvalue weighted by molar-refractivity contribution is 5.84. The maximum absolute atomic E-state index is 11.7. The molecule has 0 bridgehead atoms. The summed E-state index contributed by atoms with van der Waals surface area (Å²) in [5.41, 5.74) is 0.934. The first-order chi connectivity index (χ1) is 7.70. The van der Waals surface area contributed by atoms with Gasteiger partial charge in [0.1, 0.15) is 11.8 Å². The van der Waals surface area contributed by atoms with Crippen LogP contribution < -0.4 is 15.4 Å². The van der Waals surface area contributed by atoms with E-state index >= 15 is 0 Å². The highest BCUT2D eigenvalue weighted by Crippen LogP contribution is 2.21. The maximum atomic E-state index is 11.7. The van der Waals surface area contributed by atoms with Crippen molar-refractivity contribution in [1.29, 1.82) is 0 Å². The number of carbonyl (C=O) groups is 1. The van der Waals surface area contributed by atoms with Gasteiger partial charge < -0.3 is 10.1 Å². The van der Waals surface area contributed by atoms with Gasteiger partial charge in [-0.05, 0) is 24.6 Å². The van der Waals surface area contributed by atoms with Crippen molar-refractivity contribution < 1.29 is 9.53 Å². The summed E-state index contributed by atoms with van der Waals surface area (Å²) in [6, 6.07) is 7.58. The third-order valence-electron chi connectivity index (χ3n) is 2.72. The van der Waals surface area contributed by atoms with Gasteiger partial charge in [0.15, 0.2) is 0 Å². The summed E-state index contributed by atoms with van der Waals surface area (Å²) in [6.45, 7) is 2.73. The number of piperazine rings is 1. The molecule has 0 aliphatic carbocycles. The smallest absolute Gasteiger partial charge is 0.241 e. The van der Waals surface area contributed by atoms with Gasteiger partial charge in [0.05, 0.1) is 7.11 Å². The number of benzene rings is 1. The molecule has 1 aliphatic rings. The third-order valence-corrected chi connectivity index (χ3v) is 2.72. The maximum Gasteiger partial charge on any atom is 0.241 e. The number of rotatable bonds is 2. The molecule has 1 fully saturated rings. The van der Waals surface area contributed by atoms with Crippen LogP contribution in [-0.4, -0.2) is 25.6 Å². The van der Waals surface area contributed by atoms with Crippen LogP contribution in [0.25, 0.3) is 0 Å². The molecule has 1 aromatic carbocycles. The highest BCUT2D eigenvalue weighted by Gasteiger charge is 2.26. The molecule has 4 nitrogen and oxygen atoms in total. The van der Waals surface area contributed by atoms with Crippen molar-refractivity contribution in [2.24, 2.45) is 0 Å². The summed E-state index contributed by atoms with van der Waals surface area (Å²) in [4.78, 5) is 11.7. The molecule has 2 rings (SSSR count). The summed E-state index contributed by atoms with van der Waals surface area (Å²) in [7, 11) is 1.62. The molecule has 0 spiro atoms. The zero-order valence-electron chi connectivity index (χ0n) is 9.49. The molecule has 0 radical (unpaired) electrons. The summed E-state index contributed by atoms with van der Waals surface area (Å²) in [5.74, 6) is 0.789. The Hall–Kier alpha value is -1.55. The molecule has 2 atom stereocenters. The molecular weight excluding hydrogens is 204 g/mol. The van der Waals surface area contributed by atoms with Crippen LogP contribution in [0.5, 0.6) is 5.75 Å². The minimum Gasteiger partial charge on any atom is -0.497 e. The monoisotopic (exact) mass is 220 g/mol. The molecule has 2 N–H and O–H groups in total. The van der Waals surface area contributed by atoms with Crippen LogP contribution >= 0.6 is 0 Å². The predicted molar refractivity (Wildman–Crippen MR) is 61.3 cm³/mol. The van der Waals surface area contributed by atoms with E-state index in [2.05, 4.69) is 10.6 Å². The fourth-order valence-corrected chi connectivity index (χ4v) is 1.84. The van der Waals surface area contributed by atoms with Gasteiger partial charge in [-0.25, -0.2) is 0 Å². The third kappa shape index (κ3) is 2.17. The molecular formula is C12H16N2O2. The Balaban J connectivity index is 2.24. The minimum atomic E-state index is -0.279. The van der Waals surface area contributed by atoms with Gasteiger partial charge in [-0.15, -0.1) is 0 Å². The number of ether oxygens (including phenoxy) is 1. The average Bonchev–Trinajstić information content (AvgIpc) is 2.32. The topological polar surface area (TPSA) is 50.4 Å². The predicted octanol–water partition coefficient (Wildman–Crippen LogP) is 0.844. The summed E-state index contributed by atoms with van der Waals surface area (Å²) >= 11 is 0. The van der Waals surface area contributed by atoms with Gasteiger partial charge in [-0.3, -0.25) is 10.1 Å². The van der Waals surface area contributed by atoms with Gasteiger partial charge in [-0.1, -0.05) is 12.1 Å². The van der Waals surface area contributed by atoms with Crippen LogP contribution in [0.2, 0.25) is 0 Å². The molecule has 0 aromatic heterocycles. The van der Waals surface area contributed by atoms with Crippen LogP contribution in [0, 0.1) is 0 Å². The van der Waals surface area contributed by atoms with Crippen molar-refractivity contribution in [3.63, 3.8) is 0 Å². The zero-order valence-corrected chi connectivity index (χ0v) is 9.49. The highest BCUT2D eigenvalue weighted by atomic mass is 16.5. The van der Waals surface area contributed by atoms with E-state index in [1.165, 1.54) is 0 Å².